The lowest BCUT2D eigenvalue weighted by molar-refractivity contribution is -0.121. The van der Waals surface area contributed by atoms with Gasteiger partial charge in [0.15, 0.2) is 11.5 Å². The highest BCUT2D eigenvalue weighted by Crippen LogP contribution is 2.29. The minimum Gasteiger partial charge on any atom is -0.493 e. The van der Waals surface area contributed by atoms with Gasteiger partial charge in [0.2, 0.25) is 5.91 Å². The van der Waals surface area contributed by atoms with E-state index in [2.05, 4.69) is 5.32 Å². The Hall–Kier alpha value is -2.49. The Morgan fingerprint density at radius 3 is 2.39 bits per heavy atom. The fraction of sp³-hybridized carbons (Fsp3) is 0.316. The molecule has 0 aliphatic rings. The molecule has 0 aromatic heterocycles. The summed E-state index contributed by atoms with van der Waals surface area (Å²) in [6.07, 6.45) is 1.22. The first-order chi connectivity index (χ1) is 11.1. The molecule has 122 valence electrons. The van der Waals surface area contributed by atoms with Crippen molar-refractivity contribution in [1.29, 1.82) is 0 Å². The van der Waals surface area contributed by atoms with Crippen molar-refractivity contribution in [3.8, 4) is 11.5 Å². The Labute approximate surface area is 137 Å². The van der Waals surface area contributed by atoms with Gasteiger partial charge < -0.3 is 14.8 Å². The highest BCUT2D eigenvalue weighted by atomic mass is 16.5. The minimum atomic E-state index is -0.0851. The van der Waals surface area contributed by atoms with Gasteiger partial charge in [-0.15, -0.1) is 0 Å². The average molecular weight is 313 g/mol. The molecule has 0 aliphatic carbocycles. The first-order valence-electron chi connectivity index (χ1n) is 7.69. The largest absolute Gasteiger partial charge is 0.493 e. The molecule has 0 radical (unpaired) electrons. The molecule has 4 nitrogen and oxygen atoms in total. The van der Waals surface area contributed by atoms with E-state index in [0.29, 0.717) is 17.9 Å². The van der Waals surface area contributed by atoms with E-state index in [1.165, 1.54) is 5.56 Å². The molecular weight excluding hydrogens is 290 g/mol. The van der Waals surface area contributed by atoms with Gasteiger partial charge in [-0.05, 0) is 36.6 Å². The molecule has 0 bridgehead atoms. The highest BCUT2D eigenvalue weighted by molar-refractivity contribution is 5.76. The van der Waals surface area contributed by atoms with E-state index in [1.54, 1.807) is 14.2 Å². The van der Waals surface area contributed by atoms with Gasteiger partial charge in [0.05, 0.1) is 20.3 Å². The molecule has 0 saturated carbocycles. The smallest absolute Gasteiger partial charge is 0.220 e. The summed E-state index contributed by atoms with van der Waals surface area (Å²) >= 11 is 0. The first kappa shape index (κ1) is 16.9. The summed E-state index contributed by atoms with van der Waals surface area (Å²) in [7, 11) is 3.21. The molecule has 1 atom stereocenters. The van der Waals surface area contributed by atoms with E-state index in [4.69, 9.17) is 9.47 Å². The molecule has 2 aromatic carbocycles. The second kappa shape index (κ2) is 8.22. The van der Waals surface area contributed by atoms with Crippen LogP contribution >= 0.6 is 0 Å². The van der Waals surface area contributed by atoms with Crippen molar-refractivity contribution in [2.45, 2.75) is 25.8 Å². The molecule has 1 amide bonds. The van der Waals surface area contributed by atoms with Crippen LogP contribution in [0.15, 0.2) is 48.5 Å². The normalized spacial score (nSPS) is 11.6. The van der Waals surface area contributed by atoms with E-state index in [9.17, 15) is 4.79 Å². The van der Waals surface area contributed by atoms with Crippen molar-refractivity contribution in [2.75, 3.05) is 14.2 Å². The summed E-state index contributed by atoms with van der Waals surface area (Å²) in [6.45, 7) is 1.96. The fourth-order valence-electron chi connectivity index (χ4n) is 2.42. The zero-order chi connectivity index (χ0) is 16.7. The van der Waals surface area contributed by atoms with Gasteiger partial charge in [0, 0.05) is 6.42 Å². The third-order valence-electron chi connectivity index (χ3n) is 3.77. The Morgan fingerprint density at radius 2 is 1.74 bits per heavy atom. The quantitative estimate of drug-likeness (QED) is 0.851. The lowest BCUT2D eigenvalue weighted by atomic mass is 10.1. The molecule has 0 aliphatic heterocycles. The molecular formula is C19H23NO3. The van der Waals surface area contributed by atoms with Gasteiger partial charge in [0.1, 0.15) is 0 Å². The number of ether oxygens (including phenoxy) is 2. The van der Waals surface area contributed by atoms with Crippen LogP contribution in [0, 0.1) is 0 Å². The molecule has 2 rings (SSSR count). The van der Waals surface area contributed by atoms with Crippen LogP contribution in [0.25, 0.3) is 0 Å². The highest BCUT2D eigenvalue weighted by Gasteiger charge is 2.12. The predicted molar refractivity (Wildman–Crippen MR) is 90.9 cm³/mol. The number of amides is 1. The maximum absolute atomic E-state index is 12.1. The Balaban J connectivity index is 1.93. The van der Waals surface area contributed by atoms with Gasteiger partial charge in [-0.25, -0.2) is 0 Å². The topological polar surface area (TPSA) is 47.6 Å². The van der Waals surface area contributed by atoms with E-state index in [0.717, 1.165) is 12.0 Å². The Kier molecular flexibility index (Phi) is 6.03. The third-order valence-corrected chi connectivity index (χ3v) is 3.77. The number of methoxy groups -OCH3 is 2. The van der Waals surface area contributed by atoms with Crippen molar-refractivity contribution in [3.05, 3.63) is 59.7 Å². The fourth-order valence-corrected chi connectivity index (χ4v) is 2.42. The lowest BCUT2D eigenvalue weighted by Gasteiger charge is -2.16. The van der Waals surface area contributed by atoms with Crippen molar-refractivity contribution in [1.82, 2.24) is 5.32 Å². The first-order valence-corrected chi connectivity index (χ1v) is 7.69. The zero-order valence-corrected chi connectivity index (χ0v) is 13.8. The zero-order valence-electron chi connectivity index (χ0n) is 13.8. The molecule has 1 N–H and O–H groups in total. The van der Waals surface area contributed by atoms with Crippen molar-refractivity contribution < 1.29 is 14.3 Å². The van der Waals surface area contributed by atoms with E-state index in [-0.39, 0.29) is 11.9 Å². The van der Waals surface area contributed by atoms with Crippen LogP contribution in [0.2, 0.25) is 0 Å². The van der Waals surface area contributed by atoms with Gasteiger partial charge in [-0.1, -0.05) is 36.4 Å². The number of carbonyl (C=O) groups is 1. The molecule has 2 aromatic rings. The molecule has 0 fully saturated rings. The number of nitrogens with one attached hydrogen (secondary N) is 1. The van der Waals surface area contributed by atoms with Crippen molar-refractivity contribution in [2.24, 2.45) is 0 Å². The maximum Gasteiger partial charge on any atom is 0.220 e. The second-order valence-corrected chi connectivity index (χ2v) is 5.39. The Morgan fingerprint density at radius 1 is 1.04 bits per heavy atom. The Bertz CT molecular complexity index is 640. The number of hydrogen-bond acceptors (Lipinski definition) is 3. The third kappa shape index (κ3) is 4.74. The number of benzene rings is 2. The van der Waals surface area contributed by atoms with Crippen molar-refractivity contribution in [3.63, 3.8) is 0 Å². The molecule has 0 spiro atoms. The van der Waals surface area contributed by atoms with Crippen LogP contribution in [-0.4, -0.2) is 20.1 Å². The summed E-state index contributed by atoms with van der Waals surface area (Å²) in [6, 6.07) is 15.6. The van der Waals surface area contributed by atoms with Gasteiger partial charge >= 0.3 is 0 Å². The summed E-state index contributed by atoms with van der Waals surface area (Å²) in [5.41, 5.74) is 2.15. The van der Waals surface area contributed by atoms with Crippen LogP contribution in [-0.2, 0) is 11.2 Å². The van der Waals surface area contributed by atoms with Crippen LogP contribution in [0.1, 0.15) is 30.5 Å². The maximum atomic E-state index is 12.1. The van der Waals surface area contributed by atoms with Crippen LogP contribution in [0.5, 0.6) is 11.5 Å². The van der Waals surface area contributed by atoms with E-state index < -0.39 is 0 Å². The van der Waals surface area contributed by atoms with Gasteiger partial charge in [-0.2, -0.15) is 0 Å². The SMILES string of the molecule is COc1ccc([C@H](C)NC(=O)CCc2ccccc2)cc1OC. The second-order valence-electron chi connectivity index (χ2n) is 5.39. The summed E-state index contributed by atoms with van der Waals surface area (Å²) < 4.78 is 10.5. The number of aryl methyl sites for hydroxylation is 1. The molecule has 4 heteroatoms. The van der Waals surface area contributed by atoms with Gasteiger partial charge in [-0.3, -0.25) is 4.79 Å². The summed E-state index contributed by atoms with van der Waals surface area (Å²) in [4.78, 5) is 12.1. The molecule has 0 unspecified atom stereocenters. The summed E-state index contributed by atoms with van der Waals surface area (Å²) in [5, 5.41) is 3.02. The number of rotatable bonds is 7. The van der Waals surface area contributed by atoms with E-state index >= 15 is 0 Å². The number of carbonyl (C=O) groups excluding carboxylic acids is 1. The number of hydrogen-bond donors (Lipinski definition) is 1. The van der Waals surface area contributed by atoms with Gasteiger partial charge in [0.25, 0.3) is 0 Å². The van der Waals surface area contributed by atoms with Crippen LogP contribution in [0.4, 0.5) is 0 Å². The standard InChI is InChI=1S/C19H23NO3/c1-14(16-10-11-17(22-2)18(13-16)23-3)20-19(21)12-9-15-7-5-4-6-8-15/h4-8,10-11,13-14H,9,12H2,1-3H3,(H,20,21)/t14-/m0/s1. The lowest BCUT2D eigenvalue weighted by Crippen LogP contribution is -2.26. The monoisotopic (exact) mass is 313 g/mol. The minimum absolute atomic E-state index is 0.0381. The predicted octanol–water partition coefficient (Wildman–Crippen LogP) is 3.51. The summed E-state index contributed by atoms with van der Waals surface area (Å²) in [5.74, 6) is 1.38. The van der Waals surface area contributed by atoms with Crippen LogP contribution in [0.3, 0.4) is 0 Å². The molecule has 0 saturated heterocycles. The molecule has 0 heterocycles. The molecule has 23 heavy (non-hydrogen) atoms. The average Bonchev–Trinajstić information content (AvgIpc) is 2.60. The van der Waals surface area contributed by atoms with Crippen LogP contribution < -0.4 is 14.8 Å². The van der Waals surface area contributed by atoms with Crippen molar-refractivity contribution >= 4 is 5.91 Å². The van der Waals surface area contributed by atoms with E-state index in [1.807, 2.05) is 55.5 Å².